The van der Waals surface area contributed by atoms with E-state index in [1.54, 1.807) is 0 Å². The maximum atomic E-state index is 6.70. The molecule has 2 aliphatic heterocycles. The number of hydrogen-bond acceptors (Lipinski definition) is 3. The molecule has 0 aromatic heterocycles. The zero-order valence-corrected chi connectivity index (χ0v) is 34.4. The summed E-state index contributed by atoms with van der Waals surface area (Å²) in [6, 6.07) is 82.4. The first-order valence-corrected chi connectivity index (χ1v) is 23.3. The first-order chi connectivity index (χ1) is 29.8. The molecule has 1 spiro atoms. The summed E-state index contributed by atoms with van der Waals surface area (Å²) in [5.41, 5.74) is 8.23. The molecule has 0 unspecified atom stereocenters. The number of rotatable bonds is 5. The highest BCUT2D eigenvalue weighted by Gasteiger charge is 2.52. The first kappa shape index (κ1) is 34.9. The molecule has 2 heterocycles. The van der Waals surface area contributed by atoms with Crippen LogP contribution in [0.1, 0.15) is 0 Å². The minimum atomic E-state index is -2.81. The van der Waals surface area contributed by atoms with Crippen molar-refractivity contribution in [2.24, 2.45) is 0 Å². The van der Waals surface area contributed by atoms with Crippen molar-refractivity contribution in [3.05, 3.63) is 224 Å². The Bertz CT molecular complexity index is 3180. The minimum absolute atomic E-state index is 0.959. The number of hydrogen-bond donors (Lipinski definition) is 0. The van der Waals surface area contributed by atoms with Crippen LogP contribution >= 0.6 is 11.8 Å². The second kappa shape index (κ2) is 14.0. The molecule has 2 aliphatic rings. The molecule has 282 valence electrons. The molecule has 0 saturated heterocycles. The molecule has 0 saturated carbocycles. The summed E-state index contributed by atoms with van der Waals surface area (Å²) < 4.78 is 6.70. The lowest BCUT2D eigenvalue weighted by molar-refractivity contribution is 0.487. The van der Waals surface area contributed by atoms with E-state index >= 15 is 0 Å². The van der Waals surface area contributed by atoms with Crippen molar-refractivity contribution in [1.82, 2.24) is 0 Å². The van der Waals surface area contributed by atoms with E-state index in [1.165, 1.54) is 74.3 Å². The van der Waals surface area contributed by atoms with Gasteiger partial charge in [-0.05, 0) is 102 Å². The Hall–Kier alpha value is -7.11. The van der Waals surface area contributed by atoms with Gasteiger partial charge in [0.15, 0.2) is 8.07 Å². The molecule has 0 atom stereocenters. The average molecular weight is 800 g/mol. The number of para-hydroxylation sites is 2. The quantitative estimate of drug-likeness (QED) is 0.161. The monoisotopic (exact) mass is 799 g/mol. The zero-order valence-electron chi connectivity index (χ0n) is 32.6. The highest BCUT2D eigenvalue weighted by Crippen LogP contribution is 2.45. The summed E-state index contributed by atoms with van der Waals surface area (Å²) in [6.07, 6.45) is 0. The number of anilines is 3. The highest BCUT2D eigenvalue weighted by atomic mass is 32.2. The lowest BCUT2D eigenvalue weighted by Crippen LogP contribution is -2.77. The first-order valence-electron chi connectivity index (χ1n) is 20.5. The Balaban J connectivity index is 1.07. The van der Waals surface area contributed by atoms with Crippen LogP contribution in [0.25, 0.3) is 43.8 Å². The van der Waals surface area contributed by atoms with Crippen LogP contribution in [0.2, 0.25) is 0 Å². The van der Waals surface area contributed by atoms with E-state index in [9.17, 15) is 0 Å². The van der Waals surface area contributed by atoms with Gasteiger partial charge in [-0.15, -0.1) is 0 Å². The van der Waals surface area contributed by atoms with Crippen molar-refractivity contribution < 1.29 is 4.74 Å². The van der Waals surface area contributed by atoms with E-state index < -0.39 is 8.07 Å². The maximum Gasteiger partial charge on any atom is 0.190 e. The topological polar surface area (TPSA) is 12.5 Å². The molecule has 60 heavy (non-hydrogen) atoms. The van der Waals surface area contributed by atoms with Gasteiger partial charge in [0.05, 0.1) is 11.4 Å². The number of ether oxygens (including phenoxy) is 1. The van der Waals surface area contributed by atoms with Gasteiger partial charge >= 0.3 is 0 Å². The predicted octanol–water partition coefficient (Wildman–Crippen LogP) is 12.7. The molecule has 2 nitrogen and oxygen atoms in total. The number of benzene rings is 10. The van der Waals surface area contributed by atoms with Gasteiger partial charge in [-0.25, -0.2) is 0 Å². The fourth-order valence-electron chi connectivity index (χ4n) is 9.76. The van der Waals surface area contributed by atoms with Crippen LogP contribution in [0.4, 0.5) is 17.1 Å². The van der Waals surface area contributed by atoms with E-state index in [1.807, 2.05) is 11.8 Å². The third-order valence-corrected chi connectivity index (χ3v) is 18.8. The normalized spacial score (nSPS) is 13.2. The third-order valence-electron chi connectivity index (χ3n) is 12.4. The van der Waals surface area contributed by atoms with Crippen LogP contribution < -0.4 is 30.4 Å². The molecule has 12 rings (SSSR count). The van der Waals surface area contributed by atoms with Crippen LogP contribution in [0.15, 0.2) is 234 Å². The molecule has 0 fully saturated rings. The Morgan fingerprint density at radius 1 is 0.367 bits per heavy atom. The molecule has 0 aliphatic carbocycles. The predicted molar refractivity (Wildman–Crippen MR) is 255 cm³/mol. The van der Waals surface area contributed by atoms with E-state index in [0.29, 0.717) is 0 Å². The fraction of sp³-hybridized carbons (Fsp3) is 0. The van der Waals surface area contributed by atoms with Crippen molar-refractivity contribution in [2.75, 3.05) is 4.90 Å². The Morgan fingerprint density at radius 3 is 1.72 bits per heavy atom. The van der Waals surface area contributed by atoms with E-state index in [0.717, 1.165) is 28.6 Å². The minimum Gasteiger partial charge on any atom is -0.458 e. The van der Waals surface area contributed by atoms with Crippen LogP contribution in [-0.4, -0.2) is 8.07 Å². The Labute approximate surface area is 355 Å². The van der Waals surface area contributed by atoms with Crippen molar-refractivity contribution in [2.45, 2.75) is 9.79 Å². The summed E-state index contributed by atoms with van der Waals surface area (Å²) in [7, 11) is -2.81. The van der Waals surface area contributed by atoms with Crippen LogP contribution in [0.3, 0.4) is 0 Å². The Kier molecular flexibility index (Phi) is 8.15. The molecule has 0 bridgehead atoms. The lowest BCUT2D eigenvalue weighted by Gasteiger charge is -2.43. The molecular formula is C56H37NOSSi. The molecule has 10 aromatic carbocycles. The number of fused-ring (bicyclic) bond motifs is 10. The largest absolute Gasteiger partial charge is 0.458 e. The van der Waals surface area contributed by atoms with Gasteiger partial charge < -0.3 is 9.64 Å². The van der Waals surface area contributed by atoms with Crippen molar-refractivity contribution in [1.29, 1.82) is 0 Å². The fourth-order valence-corrected chi connectivity index (χ4v) is 16.9. The summed E-state index contributed by atoms with van der Waals surface area (Å²) in [5.74, 6) is 1.92. The van der Waals surface area contributed by atoms with Gasteiger partial charge in [0.25, 0.3) is 0 Å². The van der Waals surface area contributed by atoms with Gasteiger partial charge in [-0.2, -0.15) is 0 Å². The van der Waals surface area contributed by atoms with Gasteiger partial charge in [0.1, 0.15) is 11.5 Å². The van der Waals surface area contributed by atoms with Gasteiger partial charge in [0.2, 0.25) is 0 Å². The SMILES string of the molecule is c1ccc(-c2ccc(N(c3cccc4ccccc34)c3ccc(-c4ccc5c(c4)[Si]4(c6ccccc6Oc6ccccc64)c4ccccc4S5)c4ccccc34)cc2)cc1. The molecular weight excluding hydrogens is 763 g/mol. The molecule has 10 aromatic rings. The summed E-state index contributed by atoms with van der Waals surface area (Å²) in [6.45, 7) is 0. The van der Waals surface area contributed by atoms with Gasteiger partial charge in [-0.1, -0.05) is 188 Å². The number of nitrogens with zero attached hydrogens (tertiary/aromatic N) is 1. The van der Waals surface area contributed by atoms with E-state index in [2.05, 4.69) is 229 Å². The Morgan fingerprint density at radius 2 is 0.933 bits per heavy atom. The molecule has 0 N–H and O–H groups in total. The van der Waals surface area contributed by atoms with E-state index in [-0.39, 0.29) is 0 Å². The van der Waals surface area contributed by atoms with Crippen molar-refractivity contribution >= 4 is 79.2 Å². The van der Waals surface area contributed by atoms with Crippen LogP contribution in [-0.2, 0) is 0 Å². The average Bonchev–Trinajstić information content (AvgIpc) is 3.32. The highest BCUT2D eigenvalue weighted by molar-refractivity contribution is 8.00. The third kappa shape index (κ3) is 5.35. The molecule has 0 radical (unpaired) electrons. The van der Waals surface area contributed by atoms with Gasteiger partial charge in [-0.3, -0.25) is 0 Å². The van der Waals surface area contributed by atoms with Gasteiger partial charge in [0, 0.05) is 26.3 Å². The van der Waals surface area contributed by atoms with Crippen LogP contribution in [0, 0.1) is 0 Å². The zero-order chi connectivity index (χ0) is 39.6. The molecule has 0 amide bonds. The summed E-state index contributed by atoms with van der Waals surface area (Å²) >= 11 is 1.90. The summed E-state index contributed by atoms with van der Waals surface area (Å²) in [4.78, 5) is 5.09. The second-order valence-electron chi connectivity index (χ2n) is 15.6. The second-order valence-corrected chi connectivity index (χ2v) is 20.3. The summed E-state index contributed by atoms with van der Waals surface area (Å²) in [5, 5.41) is 10.3. The van der Waals surface area contributed by atoms with Crippen molar-refractivity contribution in [3.63, 3.8) is 0 Å². The lowest BCUT2D eigenvalue weighted by atomic mass is 9.96. The van der Waals surface area contributed by atoms with Crippen molar-refractivity contribution in [3.8, 4) is 33.8 Å². The van der Waals surface area contributed by atoms with E-state index in [4.69, 9.17) is 4.74 Å². The molecule has 4 heteroatoms. The smallest absolute Gasteiger partial charge is 0.190 e. The maximum absolute atomic E-state index is 6.70. The van der Waals surface area contributed by atoms with Crippen LogP contribution in [0.5, 0.6) is 11.5 Å². The standard InChI is InChI=1S/C56H37NOSSi/c1-2-15-38(16-3-1)39-29-32-42(33-30-39)57(47-22-14-18-40-17-4-5-19-44(40)47)48-35-34-43(45-20-6-7-21-46(45)48)41-31-36-52-56(37-41)60(55-28-13-10-25-51(55)59-52)53-26-11-8-23-49(53)58-50-24-9-12-27-54(50)60/h1-37H.